The molecule has 1 saturated heterocycles. The molecular weight excluding hydrogens is 504 g/mol. The van der Waals surface area contributed by atoms with Gasteiger partial charge in [0.2, 0.25) is 0 Å². The van der Waals surface area contributed by atoms with Gasteiger partial charge < -0.3 is 9.30 Å². The van der Waals surface area contributed by atoms with Crippen LogP contribution in [0.2, 0.25) is 0 Å². The molecule has 41 heavy (non-hydrogen) atoms. The summed E-state index contributed by atoms with van der Waals surface area (Å²) in [5, 5.41) is 0. The lowest BCUT2D eigenvalue weighted by molar-refractivity contribution is -0.137. The van der Waals surface area contributed by atoms with Gasteiger partial charge in [0.1, 0.15) is 5.54 Å². The quantitative estimate of drug-likeness (QED) is 0.166. The molecule has 0 atom stereocenters. The third-order valence-corrected chi connectivity index (χ3v) is 8.86. The summed E-state index contributed by atoms with van der Waals surface area (Å²) in [4.78, 5) is 18.2. The molecule has 1 spiro atoms. The highest BCUT2D eigenvalue weighted by Crippen LogP contribution is 2.49. The van der Waals surface area contributed by atoms with Crippen molar-refractivity contribution in [3.8, 4) is 11.3 Å². The normalized spacial score (nSPS) is 17.5. The van der Waals surface area contributed by atoms with Gasteiger partial charge in [0.15, 0.2) is 5.78 Å². The van der Waals surface area contributed by atoms with Gasteiger partial charge >= 0.3 is 0 Å². The van der Waals surface area contributed by atoms with Crippen LogP contribution < -0.4 is 0 Å². The van der Waals surface area contributed by atoms with Crippen molar-refractivity contribution in [2.24, 2.45) is 5.41 Å². The monoisotopic (exact) mass is 536 g/mol. The van der Waals surface area contributed by atoms with Gasteiger partial charge in [-0.2, -0.15) is 0 Å². The molecule has 2 aliphatic rings. The second kappa shape index (κ2) is 10.5. The zero-order valence-corrected chi connectivity index (χ0v) is 22.9. The minimum absolute atomic E-state index is 0.207. The lowest BCUT2D eigenvalue weighted by atomic mass is 9.60. The number of nitrogens with zero attached hydrogens (tertiary/aromatic N) is 2. The van der Waals surface area contributed by atoms with E-state index in [-0.39, 0.29) is 11.2 Å². The third-order valence-electron chi connectivity index (χ3n) is 8.86. The summed E-state index contributed by atoms with van der Waals surface area (Å²) in [7, 11) is 0. The summed E-state index contributed by atoms with van der Waals surface area (Å²) >= 11 is 0. The van der Waals surface area contributed by atoms with Crippen molar-refractivity contribution < 1.29 is 9.53 Å². The number of hydrogen-bond donors (Lipinski definition) is 0. The molecule has 5 aromatic rings. The molecule has 4 aromatic carbocycles. The minimum atomic E-state index is -0.623. The molecule has 1 saturated carbocycles. The van der Waals surface area contributed by atoms with Gasteiger partial charge in [-0.05, 0) is 53.2 Å². The molecule has 0 radical (unpaired) electrons. The van der Waals surface area contributed by atoms with Crippen molar-refractivity contribution in [1.82, 2.24) is 9.55 Å². The van der Waals surface area contributed by atoms with E-state index in [4.69, 9.17) is 9.72 Å². The molecule has 0 amide bonds. The zero-order chi connectivity index (χ0) is 27.7. The molecule has 7 rings (SSSR count). The van der Waals surface area contributed by atoms with Gasteiger partial charge in [0.05, 0.1) is 12.0 Å². The van der Waals surface area contributed by atoms with Crippen LogP contribution in [0.15, 0.2) is 133 Å². The van der Waals surface area contributed by atoms with Crippen LogP contribution in [0.3, 0.4) is 0 Å². The third kappa shape index (κ3) is 4.27. The fraction of sp³-hybridized carbons (Fsp3) is 0.189. The van der Waals surface area contributed by atoms with Gasteiger partial charge in [-0.25, -0.2) is 4.98 Å². The second-order valence-electron chi connectivity index (χ2n) is 11.1. The summed E-state index contributed by atoms with van der Waals surface area (Å²) in [6, 6.07) is 40.1. The largest absolute Gasteiger partial charge is 0.381 e. The van der Waals surface area contributed by atoms with Crippen LogP contribution in [0, 0.1) is 5.41 Å². The number of ether oxygens (including phenoxy) is 1. The minimum Gasteiger partial charge on any atom is -0.381 e. The number of Topliss-reactive ketones (excluding diaryl/α,β-unsaturated/α-hetero) is 1. The molecule has 202 valence electrons. The SMILES string of the molecule is O=C1/C(=C/c2ccccc2-c2cn(C(c3ccccc3)(c3ccccc3)c3ccccc3)cn2)CC12CCOCC2. The first-order valence-corrected chi connectivity index (χ1v) is 14.3. The number of hydrogen-bond acceptors (Lipinski definition) is 3. The smallest absolute Gasteiger partial charge is 0.165 e. The van der Waals surface area contributed by atoms with Crippen LogP contribution in [0.5, 0.6) is 0 Å². The van der Waals surface area contributed by atoms with Gasteiger partial charge in [0.25, 0.3) is 0 Å². The zero-order valence-electron chi connectivity index (χ0n) is 22.9. The molecule has 4 nitrogen and oxygen atoms in total. The Morgan fingerprint density at radius 3 is 1.83 bits per heavy atom. The number of carbonyl (C=O) groups excluding carboxylic acids is 1. The van der Waals surface area contributed by atoms with E-state index in [1.807, 2.05) is 18.5 Å². The molecule has 2 fully saturated rings. The van der Waals surface area contributed by atoms with E-state index in [1.54, 1.807) is 0 Å². The first-order chi connectivity index (χ1) is 20.2. The number of benzene rings is 4. The Hall–Kier alpha value is -4.54. The molecule has 2 heterocycles. The Kier molecular flexibility index (Phi) is 6.49. The van der Waals surface area contributed by atoms with Crippen molar-refractivity contribution in [3.05, 3.63) is 156 Å². The van der Waals surface area contributed by atoms with Gasteiger partial charge in [-0.3, -0.25) is 4.79 Å². The van der Waals surface area contributed by atoms with Crippen LogP contribution in [-0.4, -0.2) is 28.5 Å². The average molecular weight is 537 g/mol. The van der Waals surface area contributed by atoms with Crippen LogP contribution in [-0.2, 0) is 15.1 Å². The van der Waals surface area contributed by atoms with E-state index >= 15 is 0 Å². The van der Waals surface area contributed by atoms with Crippen molar-refractivity contribution in [1.29, 1.82) is 0 Å². The second-order valence-corrected chi connectivity index (χ2v) is 11.1. The predicted molar refractivity (Wildman–Crippen MR) is 162 cm³/mol. The summed E-state index contributed by atoms with van der Waals surface area (Å²) in [5.74, 6) is 0.289. The fourth-order valence-electron chi connectivity index (χ4n) is 6.72. The van der Waals surface area contributed by atoms with E-state index in [0.29, 0.717) is 13.2 Å². The Balaban J connectivity index is 1.35. The van der Waals surface area contributed by atoms with E-state index in [9.17, 15) is 4.79 Å². The Bertz CT molecular complexity index is 1600. The lowest BCUT2D eigenvalue weighted by Crippen LogP contribution is -2.46. The summed E-state index contributed by atoms with van der Waals surface area (Å²) in [5.41, 5.74) is 6.44. The fourth-order valence-corrected chi connectivity index (χ4v) is 6.72. The lowest BCUT2D eigenvalue weighted by Gasteiger charge is -2.44. The van der Waals surface area contributed by atoms with Crippen LogP contribution in [0.1, 0.15) is 41.5 Å². The predicted octanol–water partition coefficient (Wildman–Crippen LogP) is 7.54. The number of rotatable bonds is 6. The average Bonchev–Trinajstić information content (AvgIpc) is 3.54. The number of aromatic nitrogens is 2. The highest BCUT2D eigenvalue weighted by atomic mass is 16.5. The molecule has 4 heteroatoms. The number of ketones is 1. The van der Waals surface area contributed by atoms with Crippen LogP contribution >= 0.6 is 0 Å². The maximum absolute atomic E-state index is 13.3. The van der Waals surface area contributed by atoms with E-state index in [2.05, 4.69) is 120 Å². The highest BCUT2D eigenvalue weighted by Gasteiger charge is 2.50. The van der Waals surface area contributed by atoms with Crippen molar-refractivity contribution in [2.75, 3.05) is 13.2 Å². The highest BCUT2D eigenvalue weighted by molar-refractivity contribution is 6.10. The van der Waals surface area contributed by atoms with Gasteiger partial charge in [0, 0.05) is 30.4 Å². The van der Waals surface area contributed by atoms with Crippen molar-refractivity contribution in [3.63, 3.8) is 0 Å². The number of allylic oxidation sites excluding steroid dienone is 1. The first kappa shape index (κ1) is 25.4. The van der Waals surface area contributed by atoms with Crippen molar-refractivity contribution >= 4 is 11.9 Å². The first-order valence-electron chi connectivity index (χ1n) is 14.3. The summed E-state index contributed by atoms with van der Waals surface area (Å²) in [6.07, 6.45) is 8.66. The number of carbonyl (C=O) groups is 1. The molecule has 1 aliphatic carbocycles. The Morgan fingerprint density at radius 1 is 0.732 bits per heavy atom. The summed E-state index contributed by atoms with van der Waals surface area (Å²) < 4.78 is 7.76. The maximum atomic E-state index is 13.3. The van der Waals surface area contributed by atoms with Crippen molar-refractivity contribution in [2.45, 2.75) is 24.8 Å². The molecule has 1 aliphatic heterocycles. The van der Waals surface area contributed by atoms with Crippen LogP contribution in [0.4, 0.5) is 0 Å². The standard InChI is InChI=1S/C37H32N2O2/c40-35-29(25-36(35)20-22-41-23-21-36)24-28-12-10-11-19-33(28)34-26-39(27-38-34)37(30-13-4-1-5-14-30,31-15-6-2-7-16-31)32-17-8-3-9-18-32/h1-19,24,26-27H,20-23,25H2/b29-24+. The van der Waals surface area contributed by atoms with Crippen LogP contribution in [0.25, 0.3) is 17.3 Å². The van der Waals surface area contributed by atoms with E-state index in [1.165, 1.54) is 0 Å². The Morgan fingerprint density at radius 2 is 1.27 bits per heavy atom. The van der Waals surface area contributed by atoms with E-state index < -0.39 is 5.54 Å². The summed E-state index contributed by atoms with van der Waals surface area (Å²) in [6.45, 7) is 1.36. The maximum Gasteiger partial charge on any atom is 0.165 e. The Labute approximate surface area is 241 Å². The molecule has 0 unspecified atom stereocenters. The van der Waals surface area contributed by atoms with Gasteiger partial charge in [-0.1, -0.05) is 115 Å². The topological polar surface area (TPSA) is 44.1 Å². The van der Waals surface area contributed by atoms with Gasteiger partial charge in [-0.15, -0.1) is 0 Å². The molecular formula is C37H32N2O2. The molecule has 1 aromatic heterocycles. The molecule has 0 bridgehead atoms. The number of imidazole rings is 1. The van der Waals surface area contributed by atoms with E-state index in [0.717, 1.165) is 58.3 Å². The molecule has 0 N–H and O–H groups in total.